The van der Waals surface area contributed by atoms with Gasteiger partial charge in [-0.15, -0.1) is 0 Å². The van der Waals surface area contributed by atoms with Gasteiger partial charge in [-0.2, -0.15) is 0 Å². The second-order valence-electron chi connectivity index (χ2n) is 5.97. The molecule has 0 atom stereocenters. The normalized spacial score (nSPS) is 11.1. The Kier molecular flexibility index (Phi) is 7.01. The molecule has 1 amide bonds. The minimum absolute atomic E-state index is 0.0618. The average Bonchev–Trinajstić information content (AvgIpc) is 2.61. The number of benzene rings is 2. The molecule has 2 aromatic rings. The first kappa shape index (κ1) is 18.5. The van der Waals surface area contributed by atoms with E-state index >= 15 is 0 Å². The zero-order valence-corrected chi connectivity index (χ0v) is 15.1. The Morgan fingerprint density at radius 3 is 2.28 bits per heavy atom. The van der Waals surface area contributed by atoms with Gasteiger partial charge in [0.2, 0.25) is 0 Å². The molecule has 0 aliphatic rings. The van der Waals surface area contributed by atoms with Crippen molar-refractivity contribution in [2.75, 3.05) is 20.1 Å². The molecule has 0 aliphatic heterocycles. The van der Waals surface area contributed by atoms with Crippen LogP contribution in [0.25, 0.3) is 0 Å². The van der Waals surface area contributed by atoms with Crippen molar-refractivity contribution in [3.8, 4) is 0 Å². The molecular formula is C20H26N4O. The molecule has 3 N–H and O–H groups in total. The molecule has 132 valence electrons. The predicted molar refractivity (Wildman–Crippen MR) is 103 cm³/mol. The van der Waals surface area contributed by atoms with Crippen LogP contribution < -0.4 is 16.0 Å². The van der Waals surface area contributed by atoms with Crippen molar-refractivity contribution < 1.29 is 4.79 Å². The highest BCUT2D eigenvalue weighted by molar-refractivity contribution is 5.94. The highest BCUT2D eigenvalue weighted by atomic mass is 16.1. The summed E-state index contributed by atoms with van der Waals surface area (Å²) in [6, 6.07) is 15.9. The molecule has 0 heterocycles. The Morgan fingerprint density at radius 1 is 0.920 bits per heavy atom. The van der Waals surface area contributed by atoms with E-state index in [2.05, 4.69) is 46.1 Å². The number of guanidine groups is 1. The zero-order chi connectivity index (χ0) is 18.1. The fraction of sp³-hybridized carbons (Fsp3) is 0.300. The molecule has 0 fully saturated rings. The Bertz CT molecular complexity index is 740. The second kappa shape index (κ2) is 9.47. The monoisotopic (exact) mass is 338 g/mol. The number of nitrogens with one attached hydrogen (secondary N) is 3. The molecule has 2 aromatic carbocycles. The fourth-order valence-corrected chi connectivity index (χ4v) is 2.47. The highest BCUT2D eigenvalue weighted by Crippen LogP contribution is 2.04. The number of nitrogens with zero attached hydrogens (tertiary/aromatic N) is 1. The number of aryl methyl sites for hydroxylation is 2. The van der Waals surface area contributed by atoms with Gasteiger partial charge in [-0.05, 0) is 31.5 Å². The van der Waals surface area contributed by atoms with Crippen LogP contribution >= 0.6 is 0 Å². The van der Waals surface area contributed by atoms with E-state index in [1.54, 1.807) is 7.05 Å². The maximum atomic E-state index is 12.1. The maximum absolute atomic E-state index is 12.1. The van der Waals surface area contributed by atoms with Gasteiger partial charge in [0.05, 0.1) is 0 Å². The molecule has 25 heavy (non-hydrogen) atoms. The minimum atomic E-state index is -0.0618. The molecule has 5 heteroatoms. The number of hydrogen-bond donors (Lipinski definition) is 3. The summed E-state index contributed by atoms with van der Waals surface area (Å²) in [6.45, 7) is 5.88. The van der Waals surface area contributed by atoms with E-state index in [0.29, 0.717) is 31.2 Å². The van der Waals surface area contributed by atoms with Crippen LogP contribution in [0.1, 0.15) is 27.0 Å². The standard InChI is InChI=1S/C20H26N4O/c1-15-6-4-8-17(12-15)14-24-20(21-3)23-11-10-22-19(25)18-9-5-7-16(2)13-18/h4-9,12-13H,10-11,14H2,1-3H3,(H,22,25)(H2,21,23,24). The van der Waals surface area contributed by atoms with Crippen molar-refractivity contribution in [1.29, 1.82) is 0 Å². The van der Waals surface area contributed by atoms with Gasteiger partial charge in [0.1, 0.15) is 0 Å². The highest BCUT2D eigenvalue weighted by Gasteiger charge is 2.04. The Hall–Kier alpha value is -2.82. The quantitative estimate of drug-likeness (QED) is 0.430. The van der Waals surface area contributed by atoms with Crippen LogP contribution in [0, 0.1) is 13.8 Å². The lowest BCUT2D eigenvalue weighted by Gasteiger charge is -2.13. The van der Waals surface area contributed by atoms with Crippen LogP contribution in [-0.4, -0.2) is 32.0 Å². The van der Waals surface area contributed by atoms with Crippen LogP contribution in [-0.2, 0) is 6.54 Å². The van der Waals surface area contributed by atoms with Crippen molar-refractivity contribution in [2.45, 2.75) is 20.4 Å². The number of carbonyl (C=O) groups excluding carboxylic acids is 1. The van der Waals surface area contributed by atoms with Gasteiger partial charge in [-0.25, -0.2) is 0 Å². The van der Waals surface area contributed by atoms with Gasteiger partial charge in [-0.3, -0.25) is 9.79 Å². The van der Waals surface area contributed by atoms with Gasteiger partial charge >= 0.3 is 0 Å². The van der Waals surface area contributed by atoms with E-state index in [4.69, 9.17) is 0 Å². The first-order valence-corrected chi connectivity index (χ1v) is 8.43. The largest absolute Gasteiger partial charge is 0.355 e. The van der Waals surface area contributed by atoms with Crippen molar-refractivity contribution in [3.05, 3.63) is 70.8 Å². The van der Waals surface area contributed by atoms with Gasteiger partial charge in [0, 0.05) is 32.2 Å². The number of aliphatic imine (C=N–C) groups is 1. The van der Waals surface area contributed by atoms with Crippen molar-refractivity contribution in [1.82, 2.24) is 16.0 Å². The summed E-state index contributed by atoms with van der Waals surface area (Å²) in [4.78, 5) is 16.3. The summed E-state index contributed by atoms with van der Waals surface area (Å²) in [5.41, 5.74) is 4.20. The average molecular weight is 338 g/mol. The Balaban J connectivity index is 1.71. The second-order valence-corrected chi connectivity index (χ2v) is 5.97. The lowest BCUT2D eigenvalue weighted by Crippen LogP contribution is -2.41. The molecule has 0 aliphatic carbocycles. The molecule has 2 rings (SSSR count). The molecule has 0 radical (unpaired) electrons. The summed E-state index contributed by atoms with van der Waals surface area (Å²) >= 11 is 0. The van der Waals surface area contributed by atoms with Gasteiger partial charge in [0.15, 0.2) is 5.96 Å². The van der Waals surface area contributed by atoms with Crippen molar-refractivity contribution in [3.63, 3.8) is 0 Å². The topological polar surface area (TPSA) is 65.5 Å². The first-order valence-electron chi connectivity index (χ1n) is 8.43. The van der Waals surface area contributed by atoms with Crippen molar-refractivity contribution in [2.24, 2.45) is 4.99 Å². The van der Waals surface area contributed by atoms with Gasteiger partial charge in [-0.1, -0.05) is 47.5 Å². The van der Waals surface area contributed by atoms with Gasteiger partial charge in [0.25, 0.3) is 5.91 Å². The summed E-state index contributed by atoms with van der Waals surface area (Å²) < 4.78 is 0. The number of hydrogen-bond acceptors (Lipinski definition) is 2. The Morgan fingerprint density at radius 2 is 1.60 bits per heavy atom. The third kappa shape index (κ3) is 6.30. The summed E-state index contributed by atoms with van der Waals surface area (Å²) in [5, 5.41) is 9.37. The summed E-state index contributed by atoms with van der Waals surface area (Å²) in [6.07, 6.45) is 0. The molecule has 0 spiro atoms. The molecule has 0 aromatic heterocycles. The zero-order valence-electron chi connectivity index (χ0n) is 15.1. The summed E-state index contributed by atoms with van der Waals surface area (Å²) in [7, 11) is 1.73. The van der Waals surface area contributed by atoms with E-state index in [1.165, 1.54) is 11.1 Å². The molecule has 5 nitrogen and oxygen atoms in total. The van der Waals surface area contributed by atoms with E-state index in [1.807, 2.05) is 37.3 Å². The Labute approximate surface area is 149 Å². The van der Waals surface area contributed by atoms with E-state index in [0.717, 1.165) is 5.56 Å². The van der Waals surface area contributed by atoms with Crippen LogP contribution in [0.5, 0.6) is 0 Å². The van der Waals surface area contributed by atoms with E-state index < -0.39 is 0 Å². The molecule has 0 saturated heterocycles. The number of amides is 1. The number of rotatable bonds is 6. The smallest absolute Gasteiger partial charge is 0.251 e. The third-order valence-electron chi connectivity index (χ3n) is 3.75. The van der Waals surface area contributed by atoms with Crippen LogP contribution in [0.15, 0.2) is 53.5 Å². The van der Waals surface area contributed by atoms with Crippen LogP contribution in [0.2, 0.25) is 0 Å². The van der Waals surface area contributed by atoms with Crippen molar-refractivity contribution >= 4 is 11.9 Å². The third-order valence-corrected chi connectivity index (χ3v) is 3.75. The number of carbonyl (C=O) groups is 1. The molecular weight excluding hydrogens is 312 g/mol. The van der Waals surface area contributed by atoms with Crippen LogP contribution in [0.3, 0.4) is 0 Å². The van der Waals surface area contributed by atoms with E-state index in [-0.39, 0.29) is 5.91 Å². The molecule has 0 bridgehead atoms. The maximum Gasteiger partial charge on any atom is 0.251 e. The molecule has 0 saturated carbocycles. The van der Waals surface area contributed by atoms with E-state index in [9.17, 15) is 4.79 Å². The lowest BCUT2D eigenvalue weighted by atomic mass is 10.1. The van der Waals surface area contributed by atoms with Crippen LogP contribution in [0.4, 0.5) is 0 Å². The van der Waals surface area contributed by atoms with Gasteiger partial charge < -0.3 is 16.0 Å². The predicted octanol–water partition coefficient (Wildman–Crippen LogP) is 2.40. The summed E-state index contributed by atoms with van der Waals surface area (Å²) in [5.74, 6) is 0.652. The minimum Gasteiger partial charge on any atom is -0.355 e. The lowest BCUT2D eigenvalue weighted by molar-refractivity contribution is 0.0954. The molecule has 0 unspecified atom stereocenters. The SMILES string of the molecule is CN=C(NCCNC(=O)c1cccc(C)c1)NCc1cccc(C)c1. The fourth-order valence-electron chi connectivity index (χ4n) is 2.47. The first-order chi connectivity index (χ1) is 12.1.